The zero-order chi connectivity index (χ0) is 19.3. The lowest BCUT2D eigenvalue weighted by Gasteiger charge is -2.14. The van der Waals surface area contributed by atoms with E-state index in [1.165, 1.54) is 50.6 Å². The molecule has 0 saturated heterocycles. The molecule has 0 saturated carbocycles. The van der Waals surface area contributed by atoms with Gasteiger partial charge in [-0.2, -0.15) is 0 Å². The molecule has 2 rings (SSSR count). The topological polar surface area (TPSA) is 117 Å². The molecule has 0 aliphatic heterocycles. The summed E-state index contributed by atoms with van der Waals surface area (Å²) in [6.45, 7) is -0.260. The van der Waals surface area contributed by atoms with Gasteiger partial charge in [0.2, 0.25) is 0 Å². The van der Waals surface area contributed by atoms with Crippen LogP contribution in [0.25, 0.3) is 0 Å². The van der Waals surface area contributed by atoms with Crippen LogP contribution in [0.1, 0.15) is 0 Å². The highest BCUT2D eigenvalue weighted by atomic mass is 79.9. The number of amides is 1. The first-order valence-electron chi connectivity index (χ1n) is 7.22. The second kappa shape index (κ2) is 8.28. The molecule has 26 heavy (non-hydrogen) atoms. The number of rotatable bonds is 8. The molecule has 10 heteroatoms. The van der Waals surface area contributed by atoms with E-state index in [0.717, 1.165) is 0 Å². The molecule has 0 heterocycles. The van der Waals surface area contributed by atoms with Gasteiger partial charge in [-0.25, -0.2) is 8.42 Å². The summed E-state index contributed by atoms with van der Waals surface area (Å²) in [4.78, 5) is 10.7. The van der Waals surface area contributed by atoms with Crippen LogP contribution in [0.15, 0.2) is 45.8 Å². The Morgan fingerprint density at radius 1 is 1.12 bits per heavy atom. The molecule has 0 unspecified atom stereocenters. The standard InChI is InChI=1S/C16H17BrN2O6S/c1-23-13-7-12(17)15(8-14(13)24-2)26(21,22)19-10-3-5-11(6-4-10)25-9-16(18)20/h3-8,19H,9H2,1-2H3,(H2,18,20). The minimum Gasteiger partial charge on any atom is -0.493 e. The fraction of sp³-hybridized carbons (Fsp3) is 0.188. The highest BCUT2D eigenvalue weighted by Crippen LogP contribution is 2.36. The molecular formula is C16H17BrN2O6S. The van der Waals surface area contributed by atoms with Crippen molar-refractivity contribution in [3.8, 4) is 17.2 Å². The van der Waals surface area contributed by atoms with Crippen molar-refractivity contribution in [2.75, 3.05) is 25.5 Å². The third-order valence-electron chi connectivity index (χ3n) is 3.22. The Bertz CT molecular complexity index is 900. The average Bonchev–Trinajstić information content (AvgIpc) is 2.60. The Hall–Kier alpha value is -2.46. The molecule has 0 aliphatic rings. The van der Waals surface area contributed by atoms with E-state index in [2.05, 4.69) is 20.7 Å². The lowest BCUT2D eigenvalue weighted by molar-refractivity contribution is -0.119. The summed E-state index contributed by atoms with van der Waals surface area (Å²) < 4.78 is 43.5. The summed E-state index contributed by atoms with van der Waals surface area (Å²) >= 11 is 3.23. The van der Waals surface area contributed by atoms with Crippen LogP contribution < -0.4 is 24.7 Å². The number of hydrogen-bond donors (Lipinski definition) is 2. The lowest BCUT2D eigenvalue weighted by atomic mass is 10.3. The molecule has 140 valence electrons. The highest BCUT2D eigenvalue weighted by molar-refractivity contribution is 9.10. The Kier molecular flexibility index (Phi) is 6.32. The van der Waals surface area contributed by atoms with Crippen LogP contribution in [-0.4, -0.2) is 35.2 Å². The molecule has 0 aromatic heterocycles. The van der Waals surface area contributed by atoms with Crippen molar-refractivity contribution in [1.82, 2.24) is 0 Å². The summed E-state index contributed by atoms with van der Waals surface area (Å²) in [7, 11) is -1.01. The first-order chi connectivity index (χ1) is 12.3. The predicted octanol–water partition coefficient (Wildman–Crippen LogP) is 2.13. The van der Waals surface area contributed by atoms with E-state index < -0.39 is 15.9 Å². The Labute approximate surface area is 159 Å². The van der Waals surface area contributed by atoms with E-state index >= 15 is 0 Å². The Morgan fingerprint density at radius 2 is 1.69 bits per heavy atom. The van der Waals surface area contributed by atoms with Crippen molar-refractivity contribution in [1.29, 1.82) is 0 Å². The van der Waals surface area contributed by atoms with Crippen LogP contribution >= 0.6 is 15.9 Å². The number of benzene rings is 2. The smallest absolute Gasteiger partial charge is 0.263 e. The van der Waals surface area contributed by atoms with Crippen molar-refractivity contribution >= 4 is 37.5 Å². The number of ether oxygens (including phenoxy) is 3. The van der Waals surface area contributed by atoms with E-state index in [4.69, 9.17) is 19.9 Å². The van der Waals surface area contributed by atoms with Crippen LogP contribution in [0, 0.1) is 0 Å². The van der Waals surface area contributed by atoms with Crippen LogP contribution in [0.2, 0.25) is 0 Å². The van der Waals surface area contributed by atoms with Crippen molar-refractivity contribution in [3.63, 3.8) is 0 Å². The molecule has 0 radical (unpaired) electrons. The van der Waals surface area contributed by atoms with E-state index in [0.29, 0.717) is 21.7 Å². The van der Waals surface area contributed by atoms with E-state index in [-0.39, 0.29) is 17.3 Å². The summed E-state index contributed by atoms with van der Waals surface area (Å²) in [5, 5.41) is 0. The molecule has 0 spiro atoms. The van der Waals surface area contributed by atoms with Gasteiger partial charge in [-0.1, -0.05) is 0 Å². The van der Waals surface area contributed by atoms with E-state index in [1.807, 2.05) is 0 Å². The molecular weight excluding hydrogens is 428 g/mol. The number of nitrogens with one attached hydrogen (secondary N) is 1. The zero-order valence-electron chi connectivity index (χ0n) is 14.0. The van der Waals surface area contributed by atoms with Gasteiger partial charge in [-0.15, -0.1) is 0 Å². The monoisotopic (exact) mass is 444 g/mol. The minimum absolute atomic E-state index is 0.01000. The average molecular weight is 445 g/mol. The van der Waals surface area contributed by atoms with Gasteiger partial charge in [0.05, 0.1) is 14.2 Å². The van der Waals surface area contributed by atoms with Crippen molar-refractivity contribution in [2.24, 2.45) is 5.73 Å². The van der Waals surface area contributed by atoms with E-state index in [1.54, 1.807) is 0 Å². The second-order valence-electron chi connectivity index (χ2n) is 5.02. The van der Waals surface area contributed by atoms with Gasteiger partial charge in [0.15, 0.2) is 18.1 Å². The first kappa shape index (κ1) is 19.9. The van der Waals surface area contributed by atoms with Crippen LogP contribution in [0.4, 0.5) is 5.69 Å². The summed E-state index contributed by atoms with van der Waals surface area (Å²) in [5.41, 5.74) is 5.31. The molecule has 3 N–H and O–H groups in total. The predicted molar refractivity (Wildman–Crippen MR) is 99.2 cm³/mol. The van der Waals surface area contributed by atoms with Crippen molar-refractivity contribution < 1.29 is 27.4 Å². The number of hydrogen-bond acceptors (Lipinski definition) is 6. The molecule has 0 aliphatic carbocycles. The molecule has 2 aromatic rings. The largest absolute Gasteiger partial charge is 0.493 e. The molecule has 1 amide bonds. The van der Waals surface area contributed by atoms with E-state index in [9.17, 15) is 13.2 Å². The maximum atomic E-state index is 12.7. The van der Waals surface area contributed by atoms with Crippen molar-refractivity contribution in [3.05, 3.63) is 40.9 Å². The fourth-order valence-corrected chi connectivity index (χ4v) is 4.12. The van der Waals surface area contributed by atoms with Crippen LogP contribution in [-0.2, 0) is 14.8 Å². The minimum atomic E-state index is -3.89. The third-order valence-corrected chi connectivity index (χ3v) is 5.55. The number of primary amides is 1. The normalized spacial score (nSPS) is 10.9. The molecule has 0 bridgehead atoms. The maximum Gasteiger partial charge on any atom is 0.263 e. The summed E-state index contributed by atoms with van der Waals surface area (Å²) in [5.74, 6) is 0.465. The van der Waals surface area contributed by atoms with Crippen LogP contribution in [0.5, 0.6) is 17.2 Å². The second-order valence-corrected chi connectivity index (χ2v) is 7.53. The SMILES string of the molecule is COc1cc(Br)c(S(=O)(=O)Nc2ccc(OCC(N)=O)cc2)cc1OC. The van der Waals surface area contributed by atoms with Gasteiger partial charge in [0, 0.05) is 16.2 Å². The maximum absolute atomic E-state index is 12.7. The van der Waals surface area contributed by atoms with Gasteiger partial charge in [-0.3, -0.25) is 9.52 Å². The molecule has 2 aromatic carbocycles. The number of anilines is 1. The number of sulfonamides is 1. The first-order valence-corrected chi connectivity index (χ1v) is 9.50. The number of halogens is 1. The molecule has 8 nitrogen and oxygen atoms in total. The fourth-order valence-electron chi connectivity index (χ4n) is 2.03. The van der Waals surface area contributed by atoms with Crippen LogP contribution in [0.3, 0.4) is 0 Å². The third kappa shape index (κ3) is 4.79. The molecule has 0 atom stereocenters. The number of carbonyl (C=O) groups excluding carboxylic acids is 1. The van der Waals surface area contributed by atoms with Gasteiger partial charge in [0.1, 0.15) is 10.6 Å². The number of nitrogens with two attached hydrogens (primary N) is 1. The Morgan fingerprint density at radius 3 is 2.23 bits per heavy atom. The molecule has 0 fully saturated rings. The number of methoxy groups -OCH3 is 2. The lowest BCUT2D eigenvalue weighted by Crippen LogP contribution is -2.20. The highest BCUT2D eigenvalue weighted by Gasteiger charge is 2.21. The van der Waals surface area contributed by atoms with Gasteiger partial charge < -0.3 is 19.9 Å². The van der Waals surface area contributed by atoms with Gasteiger partial charge in [0.25, 0.3) is 15.9 Å². The Balaban J connectivity index is 2.24. The number of carbonyl (C=O) groups is 1. The quantitative estimate of drug-likeness (QED) is 0.643. The van der Waals surface area contributed by atoms with Gasteiger partial charge >= 0.3 is 0 Å². The zero-order valence-corrected chi connectivity index (χ0v) is 16.4. The van der Waals surface area contributed by atoms with Crippen molar-refractivity contribution in [2.45, 2.75) is 4.90 Å². The summed E-state index contributed by atoms with van der Waals surface area (Å²) in [6.07, 6.45) is 0. The summed E-state index contributed by atoms with van der Waals surface area (Å²) in [6, 6.07) is 8.91. The van der Waals surface area contributed by atoms with Gasteiger partial charge in [-0.05, 0) is 46.3 Å².